The molecule has 0 saturated carbocycles. The lowest BCUT2D eigenvalue weighted by atomic mass is 9.81. The number of carbonyl (C=O) groups is 2. The molecule has 1 N–H and O–H groups in total. The van der Waals surface area contributed by atoms with E-state index in [1.165, 1.54) is 0 Å². The molecule has 0 radical (unpaired) electrons. The molecule has 9 nitrogen and oxygen atoms in total. The third kappa shape index (κ3) is 5.62. The van der Waals surface area contributed by atoms with Gasteiger partial charge in [0.2, 0.25) is 11.8 Å². The van der Waals surface area contributed by atoms with Crippen molar-refractivity contribution in [1.82, 2.24) is 9.80 Å². The average Bonchev–Trinajstić information content (AvgIpc) is 3.38. The molecule has 2 atom stereocenters. The highest BCUT2D eigenvalue weighted by Crippen LogP contribution is 2.46. The van der Waals surface area contributed by atoms with Crippen LogP contribution in [0.4, 0.5) is 0 Å². The van der Waals surface area contributed by atoms with E-state index >= 15 is 0 Å². The minimum atomic E-state index is -1.30. The monoisotopic (exact) mass is 569 g/mol. The van der Waals surface area contributed by atoms with Crippen LogP contribution in [0.3, 0.4) is 0 Å². The molecule has 0 aromatic heterocycles. The molecule has 2 amide bonds. The van der Waals surface area contributed by atoms with Crippen LogP contribution in [0.5, 0.6) is 5.75 Å². The van der Waals surface area contributed by atoms with Gasteiger partial charge in [0.25, 0.3) is 5.91 Å². The van der Waals surface area contributed by atoms with Gasteiger partial charge >= 0.3 is 0 Å². The maximum Gasteiger partial charge on any atom is 0.256 e. The molecular weight excluding hydrogens is 534 g/mol. The maximum absolute atomic E-state index is 14.7. The maximum atomic E-state index is 14.7. The third-order valence-electron chi connectivity index (χ3n) is 8.00. The summed E-state index contributed by atoms with van der Waals surface area (Å²) in [5.41, 5.74) is 2.21. The molecule has 3 aliphatic heterocycles. The Bertz CT molecular complexity index is 1440. The van der Waals surface area contributed by atoms with E-state index in [0.29, 0.717) is 63.9 Å². The number of ether oxygens (including phenoxy) is 3. The topological polar surface area (TPSA) is 101 Å². The van der Waals surface area contributed by atoms with Crippen LogP contribution < -0.4 is 4.74 Å². The Morgan fingerprint density at radius 1 is 1.00 bits per heavy atom. The van der Waals surface area contributed by atoms with Gasteiger partial charge in [-0.2, -0.15) is 0 Å². The summed E-state index contributed by atoms with van der Waals surface area (Å²) in [5, 5.41) is 9.04. The molecule has 3 heterocycles. The second kappa shape index (κ2) is 12.3. The fraction of sp³-hybridized carbons (Fsp3) is 0.364. The van der Waals surface area contributed by atoms with Crippen molar-refractivity contribution in [2.75, 3.05) is 46.1 Å². The molecule has 42 heavy (non-hydrogen) atoms. The summed E-state index contributed by atoms with van der Waals surface area (Å²) < 4.78 is 17.7. The van der Waals surface area contributed by atoms with Crippen molar-refractivity contribution in [3.63, 3.8) is 0 Å². The number of hydrogen-bond acceptors (Lipinski definition) is 7. The lowest BCUT2D eigenvalue weighted by Gasteiger charge is -2.34. The molecular formula is C33H35N3O6. The van der Waals surface area contributed by atoms with Crippen molar-refractivity contribution in [2.45, 2.75) is 31.0 Å². The highest BCUT2D eigenvalue weighted by atomic mass is 16.5. The number of morpholine rings is 1. The Morgan fingerprint density at radius 3 is 2.50 bits per heavy atom. The van der Waals surface area contributed by atoms with Crippen molar-refractivity contribution in [2.24, 2.45) is 4.99 Å². The predicted molar refractivity (Wildman–Crippen MR) is 156 cm³/mol. The normalized spacial score (nSPS) is 21.6. The van der Waals surface area contributed by atoms with Gasteiger partial charge in [-0.3, -0.25) is 9.59 Å². The zero-order valence-electron chi connectivity index (χ0n) is 23.5. The molecule has 1 saturated heterocycles. The van der Waals surface area contributed by atoms with E-state index in [9.17, 15) is 9.59 Å². The quantitative estimate of drug-likeness (QED) is 0.398. The van der Waals surface area contributed by atoms with Gasteiger partial charge in [0.1, 0.15) is 12.3 Å². The standard InChI is InChI=1S/C33H35N3O6/c37-17-6-18-41-27-13-11-25(12-14-27)31-34-33(21-24-7-2-1-3-8-24)30(42-31)28-10-5-4-9-26(28)22-36(32(33)39)23-29(38)35-15-19-40-20-16-35/h1-5,7-14,30,37H,6,15-23H2/t30-,33-/m1/s1. The summed E-state index contributed by atoms with van der Waals surface area (Å²) in [6.07, 6.45) is 0.202. The highest BCUT2D eigenvalue weighted by molar-refractivity contribution is 6.02. The largest absolute Gasteiger partial charge is 0.494 e. The smallest absolute Gasteiger partial charge is 0.256 e. The Labute approximate surface area is 245 Å². The van der Waals surface area contributed by atoms with Crippen molar-refractivity contribution in [1.29, 1.82) is 0 Å². The van der Waals surface area contributed by atoms with Crippen molar-refractivity contribution in [3.8, 4) is 5.75 Å². The van der Waals surface area contributed by atoms with Crippen molar-refractivity contribution < 1.29 is 28.9 Å². The van der Waals surface area contributed by atoms with Gasteiger partial charge in [0.15, 0.2) is 11.6 Å². The van der Waals surface area contributed by atoms with E-state index in [4.69, 9.17) is 24.3 Å². The van der Waals surface area contributed by atoms with Crippen LogP contribution in [0.15, 0.2) is 83.9 Å². The number of fused-ring (bicyclic) bond motifs is 3. The number of benzene rings is 3. The molecule has 3 aromatic rings. The number of rotatable bonds is 9. The molecule has 6 rings (SSSR count). The van der Waals surface area contributed by atoms with Gasteiger partial charge in [-0.15, -0.1) is 0 Å². The molecule has 0 bridgehead atoms. The summed E-state index contributed by atoms with van der Waals surface area (Å²) in [5.74, 6) is 0.723. The predicted octanol–water partition coefficient (Wildman–Crippen LogP) is 3.15. The minimum absolute atomic E-state index is 0.0405. The summed E-state index contributed by atoms with van der Waals surface area (Å²) in [6.45, 7) is 2.76. The number of amides is 2. The lowest BCUT2D eigenvalue weighted by molar-refractivity contribution is -0.147. The average molecular weight is 570 g/mol. The number of aliphatic imine (C=N–C) groups is 1. The molecule has 1 fully saturated rings. The zero-order chi connectivity index (χ0) is 28.9. The van der Waals surface area contributed by atoms with Crippen LogP contribution in [0, 0.1) is 0 Å². The fourth-order valence-corrected chi connectivity index (χ4v) is 5.84. The van der Waals surface area contributed by atoms with Crippen molar-refractivity contribution >= 4 is 17.7 Å². The van der Waals surface area contributed by atoms with E-state index in [1.54, 1.807) is 9.80 Å². The molecule has 0 aliphatic carbocycles. The second-order valence-corrected chi connectivity index (χ2v) is 10.8. The Kier molecular flexibility index (Phi) is 8.21. The van der Waals surface area contributed by atoms with Crippen LogP contribution >= 0.6 is 0 Å². The first-order chi connectivity index (χ1) is 20.6. The third-order valence-corrected chi connectivity index (χ3v) is 8.00. The van der Waals surface area contributed by atoms with Gasteiger partial charge in [0, 0.05) is 50.2 Å². The van der Waals surface area contributed by atoms with Crippen LogP contribution in [0.1, 0.15) is 34.8 Å². The van der Waals surface area contributed by atoms with Gasteiger partial charge in [-0.05, 0) is 35.4 Å². The Hall–Kier alpha value is -4.21. The molecule has 218 valence electrons. The lowest BCUT2D eigenvalue weighted by Crippen LogP contribution is -2.53. The van der Waals surface area contributed by atoms with Gasteiger partial charge < -0.3 is 29.1 Å². The first kappa shape index (κ1) is 27.9. The fourth-order valence-electron chi connectivity index (χ4n) is 5.84. The summed E-state index contributed by atoms with van der Waals surface area (Å²) in [7, 11) is 0. The number of hydrogen-bond donors (Lipinski definition) is 1. The van der Waals surface area contributed by atoms with Gasteiger partial charge in [-0.25, -0.2) is 4.99 Å². The van der Waals surface area contributed by atoms with Crippen LogP contribution in [0.25, 0.3) is 0 Å². The highest BCUT2D eigenvalue weighted by Gasteiger charge is 2.57. The second-order valence-electron chi connectivity index (χ2n) is 10.8. The Morgan fingerprint density at radius 2 is 1.74 bits per heavy atom. The SMILES string of the molecule is O=C(CN1Cc2ccccc2[C@H]2OC(c3ccc(OCCCO)cc3)=N[C@@]2(Cc2ccccc2)C1=O)N1CCOCC1. The summed E-state index contributed by atoms with van der Waals surface area (Å²) in [4.78, 5) is 36.6. The summed E-state index contributed by atoms with van der Waals surface area (Å²) >= 11 is 0. The van der Waals surface area contributed by atoms with Crippen molar-refractivity contribution in [3.05, 3.63) is 101 Å². The zero-order valence-corrected chi connectivity index (χ0v) is 23.5. The number of nitrogens with zero attached hydrogens (tertiary/aromatic N) is 3. The van der Waals surface area contributed by atoms with E-state index < -0.39 is 11.6 Å². The Balaban J connectivity index is 1.39. The van der Waals surface area contributed by atoms with E-state index in [2.05, 4.69) is 0 Å². The van der Waals surface area contributed by atoms with Crippen LogP contribution in [-0.4, -0.2) is 84.2 Å². The molecule has 3 aliphatic rings. The van der Waals surface area contributed by atoms with E-state index in [1.807, 2.05) is 78.9 Å². The van der Waals surface area contributed by atoms with E-state index in [0.717, 1.165) is 22.3 Å². The number of aliphatic hydroxyl groups is 1. The van der Waals surface area contributed by atoms with Crippen LogP contribution in [-0.2, 0) is 32.0 Å². The first-order valence-corrected chi connectivity index (χ1v) is 14.4. The van der Waals surface area contributed by atoms with Crippen LogP contribution in [0.2, 0.25) is 0 Å². The molecule has 9 heteroatoms. The number of carbonyl (C=O) groups excluding carboxylic acids is 2. The van der Waals surface area contributed by atoms with Gasteiger partial charge in [-0.1, -0.05) is 54.6 Å². The van der Waals surface area contributed by atoms with E-state index in [-0.39, 0.29) is 25.0 Å². The molecule has 0 spiro atoms. The first-order valence-electron chi connectivity index (χ1n) is 14.4. The minimum Gasteiger partial charge on any atom is -0.494 e. The van der Waals surface area contributed by atoms with Gasteiger partial charge in [0.05, 0.1) is 19.8 Å². The number of aliphatic hydroxyl groups excluding tert-OH is 1. The molecule has 3 aromatic carbocycles. The molecule has 0 unspecified atom stereocenters. The summed E-state index contributed by atoms with van der Waals surface area (Å²) in [6, 6.07) is 25.1.